The van der Waals surface area contributed by atoms with Gasteiger partial charge in [-0.25, -0.2) is 4.98 Å². The Morgan fingerprint density at radius 2 is 1.76 bits per heavy atom. The molecule has 2 aromatic heterocycles. The van der Waals surface area contributed by atoms with E-state index in [0.717, 1.165) is 26.6 Å². The molecule has 0 aliphatic heterocycles. The lowest BCUT2D eigenvalue weighted by Gasteiger charge is -2.08. The van der Waals surface area contributed by atoms with Crippen LogP contribution >= 0.6 is 22.7 Å². The molecular weight excluding hydrogens is 470 g/mol. The van der Waals surface area contributed by atoms with E-state index in [2.05, 4.69) is 10.3 Å². The molecule has 0 spiro atoms. The molecule has 0 unspecified atom stereocenters. The molecule has 2 heterocycles. The molecule has 7 nitrogen and oxygen atoms in total. The predicted octanol–water partition coefficient (Wildman–Crippen LogP) is 5.14. The Bertz CT molecular complexity index is 1350. The number of hydrogen-bond acceptors (Lipinski definition) is 7. The number of ether oxygens (including phenoxy) is 2. The van der Waals surface area contributed by atoms with Crippen LogP contribution in [0.5, 0.6) is 11.5 Å². The van der Waals surface area contributed by atoms with Crippen LogP contribution in [0.2, 0.25) is 0 Å². The summed E-state index contributed by atoms with van der Waals surface area (Å²) in [6.45, 7) is 1.91. The number of anilines is 1. The summed E-state index contributed by atoms with van der Waals surface area (Å²) in [5.74, 6) is 0.389. The van der Waals surface area contributed by atoms with Crippen LogP contribution in [0.3, 0.4) is 0 Å². The van der Waals surface area contributed by atoms with Crippen molar-refractivity contribution in [2.45, 2.75) is 13.3 Å². The van der Waals surface area contributed by atoms with E-state index in [4.69, 9.17) is 15.2 Å². The van der Waals surface area contributed by atoms with E-state index in [0.29, 0.717) is 27.8 Å². The van der Waals surface area contributed by atoms with Crippen molar-refractivity contribution < 1.29 is 19.1 Å². The first-order chi connectivity index (χ1) is 16.4. The summed E-state index contributed by atoms with van der Waals surface area (Å²) >= 11 is 2.77. The lowest BCUT2D eigenvalue weighted by atomic mass is 10.0. The fourth-order valence-corrected chi connectivity index (χ4v) is 5.56. The Kier molecular flexibility index (Phi) is 6.95. The molecule has 34 heavy (non-hydrogen) atoms. The molecule has 3 N–H and O–H groups in total. The number of carbonyl (C=O) groups excluding carboxylic acids is 2. The van der Waals surface area contributed by atoms with Crippen molar-refractivity contribution in [2.24, 2.45) is 5.73 Å². The van der Waals surface area contributed by atoms with Crippen molar-refractivity contribution in [2.75, 3.05) is 19.5 Å². The third-order valence-electron chi connectivity index (χ3n) is 5.17. The Balaban J connectivity index is 1.53. The van der Waals surface area contributed by atoms with Crippen LogP contribution in [0.15, 0.2) is 53.9 Å². The lowest BCUT2D eigenvalue weighted by Crippen LogP contribution is -2.18. The van der Waals surface area contributed by atoms with Gasteiger partial charge in [0, 0.05) is 21.4 Å². The maximum Gasteiger partial charge on any atom is 0.252 e. The number of nitrogens with two attached hydrogens (primary N) is 1. The second-order valence-corrected chi connectivity index (χ2v) is 9.49. The molecule has 0 bridgehead atoms. The average molecular weight is 494 g/mol. The van der Waals surface area contributed by atoms with Crippen LogP contribution in [0.25, 0.3) is 21.7 Å². The summed E-state index contributed by atoms with van der Waals surface area (Å²) in [5, 5.41) is 5.92. The molecule has 0 saturated carbocycles. The summed E-state index contributed by atoms with van der Waals surface area (Å²) < 4.78 is 10.6. The number of aryl methyl sites for hydroxylation is 1. The SMILES string of the molecule is COc1ccc(-c2nc(CC(=O)Nc3sc(C)c(-c4ccccc4)c3C(N)=O)cs2)cc1OC. The van der Waals surface area contributed by atoms with Crippen LogP contribution in [0.4, 0.5) is 5.00 Å². The van der Waals surface area contributed by atoms with Crippen molar-refractivity contribution >= 4 is 39.5 Å². The Morgan fingerprint density at radius 3 is 2.44 bits per heavy atom. The largest absolute Gasteiger partial charge is 0.493 e. The normalized spacial score (nSPS) is 10.7. The van der Waals surface area contributed by atoms with E-state index in [1.807, 2.05) is 60.8 Å². The first-order valence-electron chi connectivity index (χ1n) is 10.4. The zero-order valence-electron chi connectivity index (χ0n) is 18.9. The third kappa shape index (κ3) is 4.80. The molecule has 174 valence electrons. The topological polar surface area (TPSA) is 104 Å². The van der Waals surface area contributed by atoms with Crippen molar-refractivity contribution in [1.29, 1.82) is 0 Å². The minimum absolute atomic E-state index is 0.0691. The molecule has 2 aromatic carbocycles. The van der Waals surface area contributed by atoms with Gasteiger partial charge in [-0.05, 0) is 30.7 Å². The molecule has 0 aliphatic rings. The molecule has 0 fully saturated rings. The highest BCUT2D eigenvalue weighted by molar-refractivity contribution is 7.17. The van der Waals surface area contributed by atoms with Gasteiger partial charge in [0.15, 0.2) is 11.5 Å². The quantitative estimate of drug-likeness (QED) is 0.354. The van der Waals surface area contributed by atoms with Gasteiger partial charge in [-0.15, -0.1) is 22.7 Å². The Hall–Kier alpha value is -3.69. The van der Waals surface area contributed by atoms with E-state index in [9.17, 15) is 9.59 Å². The van der Waals surface area contributed by atoms with Gasteiger partial charge in [-0.2, -0.15) is 0 Å². The van der Waals surface area contributed by atoms with Crippen LogP contribution in [0, 0.1) is 6.92 Å². The lowest BCUT2D eigenvalue weighted by molar-refractivity contribution is -0.115. The van der Waals surface area contributed by atoms with E-state index < -0.39 is 5.91 Å². The van der Waals surface area contributed by atoms with Gasteiger partial charge in [0.25, 0.3) is 5.91 Å². The van der Waals surface area contributed by atoms with Crippen LogP contribution in [0.1, 0.15) is 20.9 Å². The first kappa shape index (κ1) is 23.5. The minimum Gasteiger partial charge on any atom is -0.493 e. The number of nitrogens with zero attached hydrogens (tertiary/aromatic N) is 1. The maximum absolute atomic E-state index is 12.8. The second kappa shape index (κ2) is 10.1. The number of carbonyl (C=O) groups is 2. The molecule has 2 amide bonds. The number of thiophene rings is 1. The van der Waals surface area contributed by atoms with Crippen molar-refractivity contribution in [3.05, 3.63) is 70.0 Å². The Morgan fingerprint density at radius 1 is 1.03 bits per heavy atom. The van der Waals surface area contributed by atoms with E-state index >= 15 is 0 Å². The molecule has 0 aliphatic carbocycles. The fourth-order valence-electron chi connectivity index (χ4n) is 3.65. The number of rotatable bonds is 8. The summed E-state index contributed by atoms with van der Waals surface area (Å²) in [4.78, 5) is 30.6. The monoisotopic (exact) mass is 493 g/mol. The average Bonchev–Trinajstić information content (AvgIpc) is 3.42. The van der Waals surface area contributed by atoms with E-state index in [1.54, 1.807) is 14.2 Å². The molecule has 9 heteroatoms. The van der Waals surface area contributed by atoms with Crippen molar-refractivity contribution in [3.8, 4) is 33.2 Å². The number of primary amides is 1. The number of hydrogen-bond donors (Lipinski definition) is 2. The standard InChI is InChI=1S/C25H23N3O4S2/c1-14-21(15-7-5-4-6-8-15)22(23(26)30)25(34-14)28-20(29)12-17-13-33-24(27-17)16-9-10-18(31-2)19(11-16)32-3/h4-11,13H,12H2,1-3H3,(H2,26,30)(H,28,29). The number of nitrogens with one attached hydrogen (secondary N) is 1. The van der Waals surface area contributed by atoms with Crippen LogP contribution in [-0.4, -0.2) is 31.0 Å². The minimum atomic E-state index is -0.581. The second-order valence-electron chi connectivity index (χ2n) is 7.41. The smallest absolute Gasteiger partial charge is 0.252 e. The molecule has 4 aromatic rings. The molecule has 0 radical (unpaired) electrons. The molecule has 0 atom stereocenters. The van der Waals surface area contributed by atoms with Gasteiger partial charge in [-0.3, -0.25) is 9.59 Å². The van der Waals surface area contributed by atoms with E-state index in [1.165, 1.54) is 22.7 Å². The van der Waals surface area contributed by atoms with Gasteiger partial charge >= 0.3 is 0 Å². The van der Waals surface area contributed by atoms with Crippen molar-refractivity contribution in [3.63, 3.8) is 0 Å². The molecular formula is C25H23N3O4S2. The van der Waals surface area contributed by atoms with Gasteiger partial charge in [0.05, 0.1) is 31.9 Å². The first-order valence-corrected chi connectivity index (χ1v) is 12.1. The maximum atomic E-state index is 12.8. The predicted molar refractivity (Wildman–Crippen MR) is 136 cm³/mol. The van der Waals surface area contributed by atoms with Crippen molar-refractivity contribution in [1.82, 2.24) is 4.98 Å². The van der Waals surface area contributed by atoms with Crippen LogP contribution in [-0.2, 0) is 11.2 Å². The van der Waals surface area contributed by atoms with Gasteiger partial charge in [-0.1, -0.05) is 30.3 Å². The highest BCUT2D eigenvalue weighted by Gasteiger charge is 2.23. The van der Waals surface area contributed by atoms with Gasteiger partial charge in [0.1, 0.15) is 10.0 Å². The van der Waals surface area contributed by atoms with Crippen LogP contribution < -0.4 is 20.5 Å². The summed E-state index contributed by atoms with van der Waals surface area (Å²) in [7, 11) is 3.16. The number of thiazole rings is 1. The number of methoxy groups -OCH3 is 2. The summed E-state index contributed by atoms with van der Waals surface area (Å²) in [6, 6.07) is 15.1. The highest BCUT2D eigenvalue weighted by Crippen LogP contribution is 2.40. The molecule has 4 rings (SSSR count). The highest BCUT2D eigenvalue weighted by atomic mass is 32.1. The van der Waals surface area contributed by atoms with Gasteiger partial charge < -0.3 is 20.5 Å². The zero-order valence-corrected chi connectivity index (χ0v) is 20.5. The summed E-state index contributed by atoms with van der Waals surface area (Å²) in [6.07, 6.45) is 0.0691. The Labute approximate surface area is 205 Å². The number of aromatic nitrogens is 1. The van der Waals surface area contributed by atoms with Gasteiger partial charge in [0.2, 0.25) is 5.91 Å². The van der Waals surface area contributed by atoms with E-state index in [-0.39, 0.29) is 12.3 Å². The molecule has 0 saturated heterocycles. The number of benzene rings is 2. The zero-order chi connectivity index (χ0) is 24.2. The number of amides is 2. The third-order valence-corrected chi connectivity index (χ3v) is 7.13. The fraction of sp³-hybridized carbons (Fsp3) is 0.160. The summed E-state index contributed by atoms with van der Waals surface area (Å²) in [5.41, 5.74) is 9.14.